The number of amides is 1. The largest absolute Gasteiger partial charge is 0.377 e. The lowest BCUT2D eigenvalue weighted by Crippen LogP contribution is -2.41. The molecule has 3 rings (SSSR count). The summed E-state index contributed by atoms with van der Waals surface area (Å²) in [6.45, 7) is 5.97. The number of hydrogen-bond donors (Lipinski definition) is 1. The zero-order chi connectivity index (χ0) is 26.6. The van der Waals surface area contributed by atoms with E-state index in [0.717, 1.165) is 11.3 Å². The summed E-state index contributed by atoms with van der Waals surface area (Å²) >= 11 is 12.3. The predicted octanol–water partition coefficient (Wildman–Crippen LogP) is 6.55. The van der Waals surface area contributed by atoms with E-state index in [1.165, 1.54) is 10.4 Å². The van der Waals surface area contributed by atoms with Gasteiger partial charge in [0.05, 0.1) is 15.5 Å². The van der Waals surface area contributed by atoms with Crippen molar-refractivity contribution in [2.75, 3.05) is 24.3 Å². The summed E-state index contributed by atoms with van der Waals surface area (Å²) in [6, 6.07) is 18.2. The second-order valence-electron chi connectivity index (χ2n) is 9.16. The second kappa shape index (κ2) is 11.6. The number of benzene rings is 3. The lowest BCUT2D eigenvalue weighted by molar-refractivity contribution is 0.102. The Hall–Kier alpha value is -2.58. The lowest BCUT2D eigenvalue weighted by atomic mass is 10.1. The van der Waals surface area contributed by atoms with Gasteiger partial charge in [-0.2, -0.15) is 4.31 Å². The van der Waals surface area contributed by atoms with Crippen molar-refractivity contribution in [3.05, 3.63) is 87.9 Å². The summed E-state index contributed by atoms with van der Waals surface area (Å²) < 4.78 is 29.0. The van der Waals surface area contributed by atoms with Crippen molar-refractivity contribution in [3.8, 4) is 0 Å². The Kier molecular flexibility index (Phi) is 9.06. The molecule has 1 atom stereocenters. The maximum absolute atomic E-state index is 13.8. The molecule has 0 unspecified atom stereocenters. The first-order valence-electron chi connectivity index (χ1n) is 11.6. The van der Waals surface area contributed by atoms with Crippen molar-refractivity contribution in [2.45, 2.75) is 38.3 Å². The van der Waals surface area contributed by atoms with E-state index in [-0.39, 0.29) is 29.3 Å². The van der Waals surface area contributed by atoms with E-state index in [0.29, 0.717) is 21.3 Å². The van der Waals surface area contributed by atoms with Crippen LogP contribution in [0.4, 0.5) is 11.4 Å². The Morgan fingerprint density at radius 1 is 0.944 bits per heavy atom. The summed E-state index contributed by atoms with van der Waals surface area (Å²) in [5.74, 6) is -0.284. The molecule has 0 aliphatic carbocycles. The average Bonchev–Trinajstić information content (AvgIpc) is 2.82. The first-order chi connectivity index (χ1) is 16.9. The fourth-order valence-corrected chi connectivity index (χ4v) is 6.05. The van der Waals surface area contributed by atoms with E-state index in [9.17, 15) is 13.2 Å². The number of carbonyl (C=O) groups excluding carboxylic acids is 1. The molecule has 1 amide bonds. The van der Waals surface area contributed by atoms with Crippen molar-refractivity contribution in [3.63, 3.8) is 0 Å². The topological polar surface area (TPSA) is 69.7 Å². The molecule has 0 aromatic heterocycles. The van der Waals surface area contributed by atoms with Crippen molar-refractivity contribution in [1.29, 1.82) is 0 Å². The third kappa shape index (κ3) is 6.40. The molecule has 0 saturated heterocycles. The maximum Gasteiger partial charge on any atom is 0.257 e. The van der Waals surface area contributed by atoms with Crippen LogP contribution in [0.15, 0.2) is 71.6 Å². The number of nitrogens with zero attached hydrogens (tertiary/aromatic N) is 2. The molecular formula is C27H31Cl2N3O3S. The number of carbonyl (C=O) groups is 1. The maximum atomic E-state index is 13.8. The molecule has 0 saturated carbocycles. The Balaban J connectivity index is 2.03. The van der Waals surface area contributed by atoms with Gasteiger partial charge >= 0.3 is 0 Å². The van der Waals surface area contributed by atoms with Crippen LogP contribution in [0.3, 0.4) is 0 Å². The minimum atomic E-state index is -3.87. The van der Waals surface area contributed by atoms with Gasteiger partial charge in [0.15, 0.2) is 0 Å². The summed E-state index contributed by atoms with van der Waals surface area (Å²) in [5, 5.41) is 3.59. The number of anilines is 2. The molecule has 1 N–H and O–H groups in total. The summed E-state index contributed by atoms with van der Waals surface area (Å²) in [5.41, 5.74) is 2.48. The third-order valence-electron chi connectivity index (χ3n) is 6.09. The number of nitrogens with one attached hydrogen (secondary N) is 1. The quantitative estimate of drug-likeness (QED) is 0.329. The van der Waals surface area contributed by atoms with Gasteiger partial charge in [0, 0.05) is 43.1 Å². The molecule has 9 heteroatoms. The van der Waals surface area contributed by atoms with Gasteiger partial charge in [0.25, 0.3) is 5.91 Å². The van der Waals surface area contributed by atoms with Gasteiger partial charge in [0.2, 0.25) is 10.0 Å². The number of sulfonamides is 1. The molecular weight excluding hydrogens is 517 g/mol. The zero-order valence-corrected chi connectivity index (χ0v) is 23.3. The average molecular weight is 549 g/mol. The van der Waals surface area contributed by atoms with Gasteiger partial charge in [-0.1, -0.05) is 55.2 Å². The molecule has 6 nitrogen and oxygen atoms in total. The van der Waals surface area contributed by atoms with Gasteiger partial charge in [-0.25, -0.2) is 8.42 Å². The number of hydrogen-bond acceptors (Lipinski definition) is 4. The number of rotatable bonds is 9. The first-order valence-corrected chi connectivity index (χ1v) is 13.7. The first kappa shape index (κ1) is 28.0. The van der Waals surface area contributed by atoms with Crippen LogP contribution < -0.4 is 10.2 Å². The second-order valence-corrected chi connectivity index (χ2v) is 11.9. The predicted molar refractivity (Wildman–Crippen MR) is 149 cm³/mol. The van der Waals surface area contributed by atoms with E-state index < -0.39 is 10.0 Å². The molecule has 0 heterocycles. The SMILES string of the molecule is CC(C)[C@@H](C)N(Cc1cc(NC(=O)c2ccccc2Cl)ccc1N(C)C)S(=O)(=O)c1cccc(Cl)c1. The Bertz CT molecular complexity index is 1340. The van der Waals surface area contributed by atoms with E-state index in [1.54, 1.807) is 54.6 Å². The van der Waals surface area contributed by atoms with E-state index >= 15 is 0 Å². The molecule has 0 bridgehead atoms. The van der Waals surface area contributed by atoms with E-state index in [1.807, 2.05) is 45.8 Å². The van der Waals surface area contributed by atoms with Crippen molar-refractivity contribution in [1.82, 2.24) is 4.31 Å². The van der Waals surface area contributed by atoms with Crippen LogP contribution in [0.25, 0.3) is 0 Å². The minimum Gasteiger partial charge on any atom is -0.377 e. The standard InChI is InChI=1S/C27H31Cl2N3O3S/c1-18(2)19(3)32(36(34,35)23-10-8-9-21(28)16-23)17-20-15-22(13-14-26(20)31(4)5)30-27(33)24-11-6-7-12-25(24)29/h6-16,18-19H,17H2,1-5H3,(H,30,33)/t19-/m1/s1. The molecule has 0 aliphatic rings. The van der Waals surface area contributed by atoms with Crippen LogP contribution in [0.1, 0.15) is 36.7 Å². The molecule has 0 radical (unpaired) electrons. The molecule has 3 aromatic rings. The van der Waals surface area contributed by atoms with Gasteiger partial charge in [-0.05, 0) is 66.9 Å². The highest BCUT2D eigenvalue weighted by molar-refractivity contribution is 7.89. The fourth-order valence-electron chi connectivity index (χ4n) is 3.78. The lowest BCUT2D eigenvalue weighted by Gasteiger charge is -2.32. The summed E-state index contributed by atoms with van der Waals surface area (Å²) in [4.78, 5) is 14.9. The smallest absolute Gasteiger partial charge is 0.257 e. The van der Waals surface area contributed by atoms with Crippen LogP contribution in [0, 0.1) is 5.92 Å². The molecule has 0 spiro atoms. The van der Waals surface area contributed by atoms with Crippen molar-refractivity contribution in [2.24, 2.45) is 5.92 Å². The van der Waals surface area contributed by atoms with E-state index in [4.69, 9.17) is 23.2 Å². The van der Waals surface area contributed by atoms with Gasteiger partial charge in [0.1, 0.15) is 0 Å². The monoisotopic (exact) mass is 547 g/mol. The van der Waals surface area contributed by atoms with E-state index in [2.05, 4.69) is 5.32 Å². The highest BCUT2D eigenvalue weighted by Crippen LogP contribution is 2.31. The summed E-state index contributed by atoms with van der Waals surface area (Å²) in [6.07, 6.45) is 0. The van der Waals surface area contributed by atoms with Gasteiger partial charge in [-0.3, -0.25) is 4.79 Å². The minimum absolute atomic E-state index is 0.0601. The van der Waals surface area contributed by atoms with Gasteiger partial charge < -0.3 is 10.2 Å². The van der Waals surface area contributed by atoms with Crippen LogP contribution >= 0.6 is 23.2 Å². The van der Waals surface area contributed by atoms with Crippen molar-refractivity contribution < 1.29 is 13.2 Å². The molecule has 0 aliphatic heterocycles. The normalized spacial score (nSPS) is 12.6. The Morgan fingerprint density at radius 3 is 2.25 bits per heavy atom. The molecule has 36 heavy (non-hydrogen) atoms. The number of halogens is 2. The van der Waals surface area contributed by atoms with Crippen LogP contribution in [0.2, 0.25) is 10.0 Å². The molecule has 0 fully saturated rings. The van der Waals surface area contributed by atoms with Gasteiger partial charge in [-0.15, -0.1) is 0 Å². The molecule has 192 valence electrons. The fraction of sp³-hybridized carbons (Fsp3) is 0.296. The Morgan fingerprint density at radius 2 is 1.64 bits per heavy atom. The third-order valence-corrected chi connectivity index (χ3v) is 8.58. The van der Waals surface area contributed by atoms with Crippen LogP contribution in [-0.4, -0.2) is 38.8 Å². The zero-order valence-electron chi connectivity index (χ0n) is 21.0. The molecule has 3 aromatic carbocycles. The highest BCUT2D eigenvalue weighted by atomic mass is 35.5. The van der Waals surface area contributed by atoms with Crippen LogP contribution in [-0.2, 0) is 16.6 Å². The highest BCUT2D eigenvalue weighted by Gasteiger charge is 2.32. The Labute approximate surface area is 223 Å². The summed E-state index contributed by atoms with van der Waals surface area (Å²) in [7, 11) is -0.0846. The van der Waals surface area contributed by atoms with Crippen LogP contribution in [0.5, 0.6) is 0 Å². The van der Waals surface area contributed by atoms with Crippen molar-refractivity contribution >= 4 is 50.5 Å².